The molecule has 0 radical (unpaired) electrons. The van der Waals surface area contributed by atoms with Gasteiger partial charge in [0.1, 0.15) is 5.69 Å². The van der Waals surface area contributed by atoms with Gasteiger partial charge >= 0.3 is 0 Å². The molecule has 0 saturated carbocycles. The molecule has 4 rings (SSSR count). The smallest absolute Gasteiger partial charge is 0.181 e. The number of aryl methyl sites for hydroxylation is 1. The van der Waals surface area contributed by atoms with Gasteiger partial charge in [-0.05, 0) is 30.5 Å². The Balaban J connectivity index is 1.51. The van der Waals surface area contributed by atoms with Gasteiger partial charge in [-0.15, -0.1) is 0 Å². The van der Waals surface area contributed by atoms with Crippen LogP contribution in [0.2, 0.25) is 0 Å². The predicted octanol–water partition coefficient (Wildman–Crippen LogP) is 4.55. The number of imidazole rings is 1. The Labute approximate surface area is 157 Å². The maximum absolute atomic E-state index is 12.6. The Morgan fingerprint density at radius 1 is 0.963 bits per heavy atom. The second-order valence-electron chi connectivity index (χ2n) is 6.50. The summed E-state index contributed by atoms with van der Waals surface area (Å²) in [6.45, 7) is 0.877. The topological polar surface area (TPSA) is 60.7 Å². The molecule has 27 heavy (non-hydrogen) atoms. The van der Waals surface area contributed by atoms with Crippen LogP contribution in [0.15, 0.2) is 73.6 Å². The van der Waals surface area contributed by atoms with E-state index in [1.807, 2.05) is 53.4 Å². The normalized spacial score (nSPS) is 11.0. The molecule has 0 amide bonds. The van der Waals surface area contributed by atoms with Crippen LogP contribution in [0.3, 0.4) is 0 Å². The summed E-state index contributed by atoms with van der Waals surface area (Å²) in [5.41, 5.74) is 3.34. The van der Waals surface area contributed by atoms with Gasteiger partial charge in [-0.25, -0.2) is 9.97 Å². The van der Waals surface area contributed by atoms with Crippen molar-refractivity contribution in [3.8, 4) is 11.1 Å². The number of benzene rings is 1. The number of hydrogen-bond acceptors (Lipinski definition) is 4. The first kappa shape index (κ1) is 17.1. The maximum Gasteiger partial charge on any atom is 0.181 e. The highest BCUT2D eigenvalue weighted by Crippen LogP contribution is 2.26. The number of carbonyl (C=O) groups is 1. The number of carbonyl (C=O) groups excluding carboxylic acids is 1. The van der Waals surface area contributed by atoms with Crippen molar-refractivity contribution in [2.45, 2.75) is 25.8 Å². The molecule has 0 aliphatic rings. The number of fused-ring (bicyclic) bond motifs is 1. The molecule has 0 N–H and O–H groups in total. The number of unbranched alkanes of at least 4 members (excludes halogenated alkanes) is 1. The molecule has 0 spiro atoms. The van der Waals surface area contributed by atoms with E-state index in [1.54, 1.807) is 24.8 Å². The second-order valence-corrected chi connectivity index (χ2v) is 6.50. The van der Waals surface area contributed by atoms with Crippen molar-refractivity contribution < 1.29 is 4.79 Å². The van der Waals surface area contributed by atoms with Crippen LogP contribution in [0.1, 0.15) is 29.8 Å². The van der Waals surface area contributed by atoms with Gasteiger partial charge in [-0.2, -0.15) is 0 Å². The van der Waals surface area contributed by atoms with Crippen molar-refractivity contribution in [2.24, 2.45) is 0 Å². The number of ketones is 1. The zero-order valence-electron chi connectivity index (χ0n) is 15.0. The van der Waals surface area contributed by atoms with Crippen LogP contribution < -0.4 is 0 Å². The third-order valence-corrected chi connectivity index (χ3v) is 4.60. The summed E-state index contributed by atoms with van der Waals surface area (Å²) in [5.74, 6) is 0.0818. The Hall–Kier alpha value is -3.34. The first-order valence-corrected chi connectivity index (χ1v) is 9.10. The van der Waals surface area contributed by atoms with Crippen molar-refractivity contribution in [1.82, 2.24) is 19.5 Å². The molecule has 5 heteroatoms. The van der Waals surface area contributed by atoms with E-state index < -0.39 is 0 Å². The van der Waals surface area contributed by atoms with Gasteiger partial charge in [0.05, 0.1) is 11.8 Å². The van der Waals surface area contributed by atoms with Gasteiger partial charge < -0.3 is 4.57 Å². The summed E-state index contributed by atoms with van der Waals surface area (Å²) < 4.78 is 2.03. The van der Waals surface area contributed by atoms with Crippen molar-refractivity contribution in [1.29, 1.82) is 0 Å². The minimum absolute atomic E-state index is 0.0818. The van der Waals surface area contributed by atoms with Crippen molar-refractivity contribution in [3.63, 3.8) is 0 Å². The summed E-state index contributed by atoms with van der Waals surface area (Å²) in [6, 6.07) is 13.8. The van der Waals surface area contributed by atoms with Crippen LogP contribution in [-0.2, 0) is 6.54 Å². The molecule has 5 nitrogen and oxygen atoms in total. The maximum atomic E-state index is 12.6. The van der Waals surface area contributed by atoms with Crippen molar-refractivity contribution in [3.05, 3.63) is 79.3 Å². The number of nitrogens with zero attached hydrogens (tertiary/aromatic N) is 4. The summed E-state index contributed by atoms with van der Waals surface area (Å²) in [7, 11) is 0. The third kappa shape index (κ3) is 3.92. The van der Waals surface area contributed by atoms with Crippen LogP contribution in [0.4, 0.5) is 0 Å². The molecule has 1 aromatic carbocycles. The molecule has 0 unspecified atom stereocenters. The van der Waals surface area contributed by atoms with Gasteiger partial charge in [0, 0.05) is 48.7 Å². The fourth-order valence-electron chi connectivity index (χ4n) is 3.15. The minimum Gasteiger partial charge on any atom is -0.337 e. The largest absolute Gasteiger partial charge is 0.337 e. The zero-order valence-corrected chi connectivity index (χ0v) is 15.0. The lowest BCUT2D eigenvalue weighted by Gasteiger charge is -2.07. The van der Waals surface area contributed by atoms with E-state index in [0.29, 0.717) is 12.1 Å². The number of rotatable bonds is 7. The minimum atomic E-state index is 0.0818. The Morgan fingerprint density at radius 2 is 1.85 bits per heavy atom. The molecule has 4 aromatic rings. The van der Waals surface area contributed by atoms with Crippen LogP contribution >= 0.6 is 0 Å². The zero-order chi connectivity index (χ0) is 18.5. The number of hydrogen-bond donors (Lipinski definition) is 0. The van der Waals surface area contributed by atoms with E-state index in [1.165, 1.54) is 0 Å². The summed E-state index contributed by atoms with van der Waals surface area (Å²) >= 11 is 0. The molecule has 3 aromatic heterocycles. The van der Waals surface area contributed by atoms with Gasteiger partial charge in [-0.1, -0.05) is 30.3 Å². The van der Waals surface area contributed by atoms with Gasteiger partial charge in [0.2, 0.25) is 0 Å². The molecule has 3 heterocycles. The van der Waals surface area contributed by atoms with E-state index in [-0.39, 0.29) is 5.78 Å². The number of pyridine rings is 2. The fourth-order valence-corrected chi connectivity index (χ4v) is 3.15. The Morgan fingerprint density at radius 3 is 2.67 bits per heavy atom. The Kier molecular flexibility index (Phi) is 5.01. The number of Topliss-reactive ketones (excluding diaryl/α,β-unsaturated/α-hetero) is 1. The predicted molar refractivity (Wildman–Crippen MR) is 105 cm³/mol. The SMILES string of the molecule is O=C(CCCCn1ccnc1)c1ccc2cncc(-c3ccccc3)c2n1. The van der Waals surface area contributed by atoms with E-state index >= 15 is 0 Å². The van der Waals surface area contributed by atoms with Crippen LogP contribution in [0.25, 0.3) is 22.0 Å². The van der Waals surface area contributed by atoms with E-state index in [9.17, 15) is 4.79 Å². The van der Waals surface area contributed by atoms with Crippen molar-refractivity contribution in [2.75, 3.05) is 0 Å². The second kappa shape index (κ2) is 7.91. The molecule has 0 aliphatic heterocycles. The molecule has 0 saturated heterocycles. The fraction of sp³-hybridized carbons (Fsp3) is 0.182. The van der Waals surface area contributed by atoms with Gasteiger partial charge in [0.15, 0.2) is 5.78 Å². The molecule has 0 fully saturated rings. The first-order valence-electron chi connectivity index (χ1n) is 9.10. The molecule has 0 atom stereocenters. The quantitative estimate of drug-likeness (QED) is 0.360. The molecule has 0 bridgehead atoms. The lowest BCUT2D eigenvalue weighted by molar-refractivity contribution is 0.0974. The Bertz CT molecular complexity index is 1040. The summed E-state index contributed by atoms with van der Waals surface area (Å²) in [4.78, 5) is 25.6. The monoisotopic (exact) mass is 356 g/mol. The van der Waals surface area contributed by atoms with Crippen LogP contribution in [-0.4, -0.2) is 25.3 Å². The molecule has 0 aliphatic carbocycles. The van der Waals surface area contributed by atoms with E-state index in [4.69, 9.17) is 0 Å². The lowest BCUT2D eigenvalue weighted by atomic mass is 10.0. The lowest BCUT2D eigenvalue weighted by Crippen LogP contribution is -2.04. The molecular formula is C22H20N4O. The highest BCUT2D eigenvalue weighted by Gasteiger charge is 2.11. The highest BCUT2D eigenvalue weighted by molar-refractivity contribution is 5.99. The van der Waals surface area contributed by atoms with Gasteiger partial charge in [-0.3, -0.25) is 9.78 Å². The summed E-state index contributed by atoms with van der Waals surface area (Å²) in [6.07, 6.45) is 11.4. The highest BCUT2D eigenvalue weighted by atomic mass is 16.1. The standard InChI is InChI=1S/C22H20N4O/c27-21(8-4-5-12-26-13-11-23-16-26)20-10-9-18-14-24-15-19(22(18)25-20)17-6-2-1-3-7-17/h1-3,6-7,9-11,13-16H,4-5,8,12H2. The van der Waals surface area contributed by atoms with E-state index in [2.05, 4.69) is 15.0 Å². The third-order valence-electron chi connectivity index (χ3n) is 4.60. The average molecular weight is 356 g/mol. The van der Waals surface area contributed by atoms with E-state index in [0.717, 1.165) is 41.4 Å². The summed E-state index contributed by atoms with van der Waals surface area (Å²) in [5, 5.41) is 0.938. The average Bonchev–Trinajstić information content (AvgIpc) is 3.24. The van der Waals surface area contributed by atoms with Gasteiger partial charge in [0.25, 0.3) is 0 Å². The van der Waals surface area contributed by atoms with Crippen molar-refractivity contribution >= 4 is 16.7 Å². The molecular weight excluding hydrogens is 336 g/mol. The van der Waals surface area contributed by atoms with Crippen LogP contribution in [0.5, 0.6) is 0 Å². The first-order chi connectivity index (χ1) is 13.3. The van der Waals surface area contributed by atoms with Crippen LogP contribution in [0, 0.1) is 0 Å². The molecule has 134 valence electrons. The number of aromatic nitrogens is 4.